The second-order valence-corrected chi connectivity index (χ2v) is 9.21. The molecule has 0 aromatic heterocycles. The molecule has 0 atom stereocenters. The predicted octanol–water partition coefficient (Wildman–Crippen LogP) is 4.00. The van der Waals surface area contributed by atoms with Gasteiger partial charge < -0.3 is 30.0 Å². The number of benzene rings is 2. The van der Waals surface area contributed by atoms with Gasteiger partial charge in [-0.05, 0) is 58.1 Å². The topological polar surface area (TPSA) is 121 Å². The van der Waals surface area contributed by atoms with Gasteiger partial charge in [-0.1, -0.05) is 67.5 Å². The molecule has 1 radical (unpaired) electrons. The molecule has 2 aromatic rings. The van der Waals surface area contributed by atoms with Crippen LogP contribution in [0, 0.1) is 0 Å². The summed E-state index contributed by atoms with van der Waals surface area (Å²) in [5.74, 6) is -2.40. The van der Waals surface area contributed by atoms with Gasteiger partial charge in [0.05, 0.1) is 11.9 Å². The SMILES string of the molecule is CC(C)c1cc(C(=O)[O-])c(O)c(C(C)C)c1.CC(C)c1cc(C(=O)[O-])c(O)c(C(C)C)c1.[Cu+2]. The molecule has 0 aliphatic rings. The molecule has 0 aliphatic heterocycles. The third kappa shape index (κ3) is 7.79. The molecule has 2 rings (SSSR count). The van der Waals surface area contributed by atoms with Crippen molar-refractivity contribution in [2.45, 2.75) is 79.1 Å². The molecule has 0 saturated carbocycles. The van der Waals surface area contributed by atoms with E-state index in [1.807, 2.05) is 67.5 Å². The second-order valence-electron chi connectivity index (χ2n) is 9.21. The molecule has 7 heteroatoms. The molecule has 0 amide bonds. The third-order valence-corrected chi connectivity index (χ3v) is 5.34. The zero-order valence-corrected chi connectivity index (χ0v) is 21.4. The minimum Gasteiger partial charge on any atom is -0.545 e. The molecule has 2 aromatic carbocycles. The van der Waals surface area contributed by atoms with E-state index in [4.69, 9.17) is 0 Å². The molecule has 0 unspecified atom stereocenters. The maximum Gasteiger partial charge on any atom is 2.00 e. The first kappa shape index (κ1) is 30.5. The number of carbonyl (C=O) groups excluding carboxylic acids is 2. The molecule has 2 N–H and O–H groups in total. The van der Waals surface area contributed by atoms with Crippen molar-refractivity contribution in [2.75, 3.05) is 0 Å². The van der Waals surface area contributed by atoms with Crippen molar-refractivity contribution in [1.82, 2.24) is 0 Å². The Hall–Kier alpha value is -2.50. The first-order valence-corrected chi connectivity index (χ1v) is 10.8. The van der Waals surface area contributed by atoms with Gasteiger partial charge in [0.1, 0.15) is 11.5 Å². The van der Waals surface area contributed by atoms with Crippen LogP contribution >= 0.6 is 0 Å². The fourth-order valence-corrected chi connectivity index (χ4v) is 3.22. The van der Waals surface area contributed by atoms with Crippen molar-refractivity contribution in [3.63, 3.8) is 0 Å². The average molecular weight is 506 g/mol. The Bertz CT molecular complexity index is 898. The van der Waals surface area contributed by atoms with E-state index in [9.17, 15) is 30.0 Å². The van der Waals surface area contributed by atoms with Crippen molar-refractivity contribution in [3.05, 3.63) is 57.6 Å². The van der Waals surface area contributed by atoms with Crippen LogP contribution in [-0.2, 0) is 17.1 Å². The van der Waals surface area contributed by atoms with Crippen LogP contribution in [-0.4, -0.2) is 22.2 Å². The molecule has 6 nitrogen and oxygen atoms in total. The Kier molecular flexibility index (Phi) is 11.7. The van der Waals surface area contributed by atoms with Crippen LogP contribution in [0.4, 0.5) is 0 Å². The second kappa shape index (κ2) is 12.7. The van der Waals surface area contributed by atoms with Gasteiger partial charge >= 0.3 is 17.1 Å². The number of carbonyl (C=O) groups is 2. The number of carboxylic acid groups (broad SMARTS) is 2. The minimum absolute atomic E-state index is 0. The molecular formula is C26H34CuO6. The maximum atomic E-state index is 10.9. The summed E-state index contributed by atoms with van der Waals surface area (Å²) in [7, 11) is 0. The quantitative estimate of drug-likeness (QED) is 0.572. The van der Waals surface area contributed by atoms with Gasteiger partial charge in [-0.3, -0.25) is 0 Å². The van der Waals surface area contributed by atoms with Gasteiger partial charge in [0, 0.05) is 11.1 Å². The van der Waals surface area contributed by atoms with E-state index in [1.54, 1.807) is 0 Å². The summed E-state index contributed by atoms with van der Waals surface area (Å²) >= 11 is 0. The van der Waals surface area contributed by atoms with E-state index in [-0.39, 0.29) is 63.4 Å². The van der Waals surface area contributed by atoms with Crippen molar-refractivity contribution >= 4 is 11.9 Å². The van der Waals surface area contributed by atoms with Gasteiger partial charge in [0.15, 0.2) is 0 Å². The summed E-state index contributed by atoms with van der Waals surface area (Å²) in [6, 6.07) is 6.69. The maximum absolute atomic E-state index is 10.9. The first-order valence-electron chi connectivity index (χ1n) is 10.8. The number of rotatable bonds is 6. The smallest absolute Gasteiger partial charge is 0.545 e. The van der Waals surface area contributed by atoms with Crippen LogP contribution in [0.2, 0.25) is 0 Å². The summed E-state index contributed by atoms with van der Waals surface area (Å²) in [5, 5.41) is 41.4. The zero-order chi connectivity index (χ0) is 24.9. The Morgan fingerprint density at radius 3 is 1.06 bits per heavy atom. The fraction of sp³-hybridized carbons (Fsp3) is 0.462. The van der Waals surface area contributed by atoms with E-state index < -0.39 is 11.9 Å². The van der Waals surface area contributed by atoms with E-state index in [0.717, 1.165) is 11.1 Å². The Morgan fingerprint density at radius 1 is 0.606 bits per heavy atom. The molecule has 0 heterocycles. The molecule has 0 saturated heterocycles. The number of hydrogen-bond donors (Lipinski definition) is 2. The molecule has 0 bridgehead atoms. The summed E-state index contributed by atoms with van der Waals surface area (Å²) in [6.45, 7) is 15.6. The van der Waals surface area contributed by atoms with Gasteiger partial charge in [-0.15, -0.1) is 0 Å². The van der Waals surface area contributed by atoms with Crippen LogP contribution in [0.15, 0.2) is 24.3 Å². The Morgan fingerprint density at radius 2 is 0.879 bits per heavy atom. The molecule has 0 fully saturated rings. The largest absolute Gasteiger partial charge is 2.00 e. The fourth-order valence-electron chi connectivity index (χ4n) is 3.22. The zero-order valence-electron chi connectivity index (χ0n) is 20.4. The minimum atomic E-state index is -1.33. The van der Waals surface area contributed by atoms with Crippen LogP contribution in [0.3, 0.4) is 0 Å². The number of aromatic carboxylic acids is 2. The summed E-state index contributed by atoms with van der Waals surface area (Å²) in [6.07, 6.45) is 0. The first-order chi connectivity index (χ1) is 14.7. The van der Waals surface area contributed by atoms with E-state index in [0.29, 0.717) is 11.1 Å². The van der Waals surface area contributed by atoms with Crippen LogP contribution in [0.5, 0.6) is 11.5 Å². The molecular weight excluding hydrogens is 472 g/mol. The summed E-state index contributed by atoms with van der Waals surface area (Å²) < 4.78 is 0. The average Bonchev–Trinajstić information content (AvgIpc) is 2.67. The normalized spacial score (nSPS) is 10.8. The third-order valence-electron chi connectivity index (χ3n) is 5.34. The van der Waals surface area contributed by atoms with Gasteiger partial charge in [0.2, 0.25) is 0 Å². The molecule has 33 heavy (non-hydrogen) atoms. The van der Waals surface area contributed by atoms with Crippen molar-refractivity contribution in [3.8, 4) is 11.5 Å². The standard InChI is InChI=1S/2C13H18O3.Cu/c2*1-7(2)9-5-10(8(3)4)12(14)11(6-9)13(15)16;/h2*5-8,14H,1-4H3,(H,15,16);/q;;+2/p-2. The predicted molar refractivity (Wildman–Crippen MR) is 121 cm³/mol. The Balaban J connectivity index is 0.000000602. The van der Waals surface area contributed by atoms with E-state index in [1.165, 1.54) is 12.1 Å². The van der Waals surface area contributed by atoms with Gasteiger partial charge in [-0.25, -0.2) is 0 Å². The van der Waals surface area contributed by atoms with Crippen LogP contribution in [0.1, 0.15) is 122 Å². The molecule has 185 valence electrons. The van der Waals surface area contributed by atoms with Gasteiger partial charge in [-0.2, -0.15) is 0 Å². The van der Waals surface area contributed by atoms with E-state index >= 15 is 0 Å². The molecule has 0 aliphatic carbocycles. The number of hydrogen-bond acceptors (Lipinski definition) is 6. The summed E-state index contributed by atoms with van der Waals surface area (Å²) in [5.41, 5.74) is 2.89. The number of aromatic hydroxyl groups is 2. The van der Waals surface area contributed by atoms with Crippen molar-refractivity contribution in [2.24, 2.45) is 0 Å². The van der Waals surface area contributed by atoms with Gasteiger partial charge in [0.25, 0.3) is 0 Å². The van der Waals surface area contributed by atoms with Crippen molar-refractivity contribution in [1.29, 1.82) is 0 Å². The summed E-state index contributed by atoms with van der Waals surface area (Å²) in [4.78, 5) is 21.8. The van der Waals surface area contributed by atoms with Crippen LogP contribution < -0.4 is 10.2 Å². The monoisotopic (exact) mass is 505 g/mol. The molecule has 0 spiro atoms. The number of carboxylic acids is 2. The van der Waals surface area contributed by atoms with Crippen LogP contribution in [0.25, 0.3) is 0 Å². The van der Waals surface area contributed by atoms with Crippen molar-refractivity contribution < 1.29 is 47.1 Å². The Labute approximate surface area is 207 Å². The number of phenols is 2. The van der Waals surface area contributed by atoms with E-state index in [2.05, 4.69) is 0 Å².